The molecule has 0 rings (SSSR count). The predicted molar refractivity (Wildman–Crippen MR) is 55.2 cm³/mol. The summed E-state index contributed by atoms with van der Waals surface area (Å²) in [5.74, 6) is 0. The highest BCUT2D eigenvalue weighted by Gasteiger charge is 2.25. The lowest BCUT2D eigenvalue weighted by molar-refractivity contribution is 0.346. The molecule has 0 bridgehead atoms. The second kappa shape index (κ2) is 3.57. The fourth-order valence-electron chi connectivity index (χ4n) is 1.15. The average molecular weight is 272 g/mol. The Morgan fingerprint density at radius 2 is 1.50 bits per heavy atom. The first-order valence-corrected chi connectivity index (χ1v) is 5.43. The van der Waals surface area contributed by atoms with Gasteiger partial charge in [-0.25, -0.2) is 0 Å². The van der Waals surface area contributed by atoms with Crippen LogP contribution >= 0.6 is 31.9 Å². The third-order valence-electron chi connectivity index (χ3n) is 1.18. The summed E-state index contributed by atoms with van der Waals surface area (Å²) in [5.41, 5.74) is 0.409. The van der Waals surface area contributed by atoms with Gasteiger partial charge in [0.25, 0.3) is 0 Å². The van der Waals surface area contributed by atoms with Crippen molar-refractivity contribution in [3.05, 3.63) is 0 Å². The molecule has 1 unspecified atom stereocenters. The Hall–Kier alpha value is 0.960. The fraction of sp³-hybridized carbons (Fsp3) is 1.00. The summed E-state index contributed by atoms with van der Waals surface area (Å²) in [5, 5.41) is 1.01. The van der Waals surface area contributed by atoms with E-state index in [0.717, 1.165) is 5.33 Å². The molecule has 0 saturated heterocycles. The zero-order valence-corrected chi connectivity index (χ0v) is 10.3. The van der Waals surface area contributed by atoms with Crippen LogP contribution < -0.4 is 0 Å². The Kier molecular flexibility index (Phi) is 3.92. The first kappa shape index (κ1) is 11.0. The minimum absolute atomic E-state index is 0.255. The van der Waals surface area contributed by atoms with Gasteiger partial charge in [0.15, 0.2) is 0 Å². The van der Waals surface area contributed by atoms with Crippen molar-refractivity contribution in [2.24, 2.45) is 5.41 Å². The number of alkyl halides is 2. The highest BCUT2D eigenvalue weighted by molar-refractivity contribution is 9.12. The quantitative estimate of drug-likeness (QED) is 0.667. The molecule has 0 N–H and O–H groups in total. The average Bonchev–Trinajstić information content (AvgIpc) is 1.60. The number of rotatable bonds is 2. The van der Waals surface area contributed by atoms with Crippen LogP contribution in [-0.2, 0) is 0 Å². The van der Waals surface area contributed by atoms with Gasteiger partial charge in [0, 0.05) is 9.65 Å². The van der Waals surface area contributed by atoms with Crippen LogP contribution in [0.15, 0.2) is 0 Å². The molecule has 0 aliphatic carbocycles. The van der Waals surface area contributed by atoms with Crippen LogP contribution in [0.25, 0.3) is 0 Å². The summed E-state index contributed by atoms with van der Waals surface area (Å²) in [6, 6.07) is 0. The summed E-state index contributed by atoms with van der Waals surface area (Å²) in [6.07, 6.45) is 1.19. The highest BCUT2D eigenvalue weighted by Crippen LogP contribution is 2.34. The van der Waals surface area contributed by atoms with Gasteiger partial charge in [-0.2, -0.15) is 0 Å². The van der Waals surface area contributed by atoms with E-state index in [1.165, 1.54) is 6.42 Å². The minimum Gasteiger partial charge on any atom is -0.0913 e. The van der Waals surface area contributed by atoms with Gasteiger partial charge in [0.2, 0.25) is 0 Å². The zero-order valence-electron chi connectivity index (χ0n) is 7.17. The predicted octanol–water partition coefficient (Wildman–Crippen LogP) is 3.97. The molecule has 0 heterocycles. The molecule has 0 aliphatic rings. The van der Waals surface area contributed by atoms with E-state index in [1.54, 1.807) is 0 Å². The second-order valence-electron chi connectivity index (χ2n) is 4.28. The third kappa shape index (κ3) is 5.72. The largest absolute Gasteiger partial charge is 0.0913 e. The topological polar surface area (TPSA) is 0 Å². The smallest absolute Gasteiger partial charge is 0.0331 e. The lowest BCUT2D eigenvalue weighted by atomic mass is 9.86. The Labute approximate surface area is 81.0 Å². The molecule has 62 valence electrons. The Morgan fingerprint density at radius 1 is 1.10 bits per heavy atom. The Balaban J connectivity index is 3.89. The Bertz CT molecular complexity index is 100. The van der Waals surface area contributed by atoms with Crippen molar-refractivity contribution >= 4 is 31.9 Å². The molecule has 0 aromatic rings. The molecular formula is C8H16Br2. The summed E-state index contributed by atoms with van der Waals surface area (Å²) in [4.78, 5) is 0. The molecule has 0 saturated carbocycles. The van der Waals surface area contributed by atoms with Gasteiger partial charge in [-0.15, -0.1) is 0 Å². The van der Waals surface area contributed by atoms with Crippen LogP contribution in [0.4, 0.5) is 0 Å². The zero-order chi connectivity index (χ0) is 8.41. The van der Waals surface area contributed by atoms with Crippen molar-refractivity contribution in [2.45, 2.75) is 38.4 Å². The lowest BCUT2D eigenvalue weighted by Gasteiger charge is -2.28. The van der Waals surface area contributed by atoms with Crippen molar-refractivity contribution in [3.63, 3.8) is 0 Å². The third-order valence-corrected chi connectivity index (χ3v) is 3.73. The van der Waals surface area contributed by atoms with E-state index in [-0.39, 0.29) is 4.32 Å². The number of halogens is 2. The summed E-state index contributed by atoms with van der Waals surface area (Å²) >= 11 is 7.15. The van der Waals surface area contributed by atoms with E-state index in [1.807, 2.05) is 0 Å². The molecule has 0 aromatic carbocycles. The van der Waals surface area contributed by atoms with Crippen molar-refractivity contribution in [1.82, 2.24) is 0 Å². The van der Waals surface area contributed by atoms with Crippen molar-refractivity contribution in [3.8, 4) is 0 Å². The van der Waals surface area contributed by atoms with Gasteiger partial charge in [-0.3, -0.25) is 0 Å². The van der Waals surface area contributed by atoms with Gasteiger partial charge in [0.1, 0.15) is 0 Å². The van der Waals surface area contributed by atoms with Crippen LogP contribution in [0, 0.1) is 5.41 Å². The standard InChI is InChI=1S/C8H16Br2/c1-7(2,3)5-8(4,10)6-9/h5-6H2,1-4H3. The summed E-state index contributed by atoms with van der Waals surface area (Å²) in [6.45, 7) is 8.99. The molecule has 0 spiro atoms. The van der Waals surface area contributed by atoms with Gasteiger partial charge in [0.05, 0.1) is 0 Å². The van der Waals surface area contributed by atoms with Crippen LogP contribution in [0.3, 0.4) is 0 Å². The van der Waals surface area contributed by atoms with Gasteiger partial charge >= 0.3 is 0 Å². The van der Waals surface area contributed by atoms with Gasteiger partial charge in [-0.1, -0.05) is 52.6 Å². The SMILES string of the molecule is CC(C)(C)CC(C)(Br)CBr. The molecule has 0 aliphatic heterocycles. The van der Waals surface area contributed by atoms with Crippen molar-refractivity contribution < 1.29 is 0 Å². The molecule has 0 nitrogen and oxygen atoms in total. The molecule has 0 aromatic heterocycles. The van der Waals surface area contributed by atoms with Crippen LogP contribution in [0.1, 0.15) is 34.1 Å². The first-order valence-electron chi connectivity index (χ1n) is 3.52. The van der Waals surface area contributed by atoms with E-state index in [9.17, 15) is 0 Å². The van der Waals surface area contributed by atoms with Gasteiger partial charge < -0.3 is 0 Å². The van der Waals surface area contributed by atoms with Crippen molar-refractivity contribution in [2.75, 3.05) is 5.33 Å². The summed E-state index contributed by atoms with van der Waals surface area (Å²) < 4.78 is 0.255. The number of hydrogen-bond donors (Lipinski definition) is 0. The fourth-order valence-corrected chi connectivity index (χ4v) is 2.19. The maximum atomic E-state index is 3.67. The molecule has 0 amide bonds. The van der Waals surface area contributed by atoms with Crippen LogP contribution in [0.5, 0.6) is 0 Å². The maximum Gasteiger partial charge on any atom is 0.0331 e. The lowest BCUT2D eigenvalue weighted by Crippen LogP contribution is -2.25. The monoisotopic (exact) mass is 270 g/mol. The van der Waals surface area contributed by atoms with E-state index >= 15 is 0 Å². The van der Waals surface area contributed by atoms with Crippen LogP contribution in [-0.4, -0.2) is 9.65 Å². The van der Waals surface area contributed by atoms with E-state index < -0.39 is 0 Å². The van der Waals surface area contributed by atoms with Crippen molar-refractivity contribution in [1.29, 1.82) is 0 Å². The molecule has 0 fully saturated rings. The normalized spacial score (nSPS) is 18.6. The van der Waals surface area contributed by atoms with E-state index in [4.69, 9.17) is 0 Å². The highest BCUT2D eigenvalue weighted by atomic mass is 79.9. The molecule has 10 heavy (non-hydrogen) atoms. The second-order valence-corrected chi connectivity index (χ2v) is 6.76. The van der Waals surface area contributed by atoms with Gasteiger partial charge in [-0.05, 0) is 18.8 Å². The minimum atomic E-state index is 0.255. The Morgan fingerprint density at radius 3 is 1.60 bits per heavy atom. The maximum absolute atomic E-state index is 3.67. The summed E-state index contributed by atoms with van der Waals surface area (Å²) in [7, 11) is 0. The molecule has 0 radical (unpaired) electrons. The molecule has 2 heteroatoms. The molecule has 1 atom stereocenters. The molecular weight excluding hydrogens is 256 g/mol. The van der Waals surface area contributed by atoms with E-state index in [0.29, 0.717) is 5.41 Å². The van der Waals surface area contributed by atoms with E-state index in [2.05, 4.69) is 59.6 Å². The number of hydrogen-bond acceptors (Lipinski definition) is 0. The van der Waals surface area contributed by atoms with Crippen LogP contribution in [0.2, 0.25) is 0 Å². The first-order chi connectivity index (χ1) is 4.27.